The van der Waals surface area contributed by atoms with Crippen molar-refractivity contribution < 1.29 is 0 Å². The summed E-state index contributed by atoms with van der Waals surface area (Å²) < 4.78 is 4.73. The molecule has 2 aromatic rings. The van der Waals surface area contributed by atoms with Crippen LogP contribution < -0.4 is 17.0 Å². The minimum absolute atomic E-state index is 0.260. The fourth-order valence-corrected chi connectivity index (χ4v) is 2.69. The van der Waals surface area contributed by atoms with Crippen LogP contribution >= 0.6 is 0 Å². The highest BCUT2D eigenvalue weighted by Gasteiger charge is 2.18. The van der Waals surface area contributed by atoms with Crippen LogP contribution in [0.3, 0.4) is 0 Å². The number of hydrogen-bond donors (Lipinski definition) is 1. The average Bonchev–Trinajstić information content (AvgIpc) is 2.82. The van der Waals surface area contributed by atoms with E-state index in [2.05, 4.69) is 11.9 Å². The second kappa shape index (κ2) is 6.91. The van der Waals surface area contributed by atoms with Gasteiger partial charge in [-0.15, -0.1) is 0 Å². The van der Waals surface area contributed by atoms with E-state index in [0.717, 1.165) is 25.1 Å². The highest BCUT2D eigenvalue weighted by molar-refractivity contribution is 5.71. The molecule has 0 aliphatic rings. The lowest BCUT2D eigenvalue weighted by molar-refractivity contribution is 0.561. The van der Waals surface area contributed by atoms with Crippen molar-refractivity contribution in [2.24, 2.45) is 12.8 Å². The Bertz CT molecular complexity index is 769. The Morgan fingerprint density at radius 3 is 2.45 bits per heavy atom. The van der Waals surface area contributed by atoms with E-state index in [0.29, 0.717) is 37.2 Å². The van der Waals surface area contributed by atoms with E-state index in [1.165, 1.54) is 4.57 Å². The Morgan fingerprint density at radius 1 is 1.14 bits per heavy atom. The highest BCUT2D eigenvalue weighted by Crippen LogP contribution is 2.12. The molecule has 0 bridgehead atoms. The molecule has 0 spiro atoms. The first kappa shape index (κ1) is 16.5. The normalized spacial score (nSPS) is 11.5. The monoisotopic (exact) mass is 307 g/mol. The lowest BCUT2D eigenvalue weighted by atomic mass is 10.3. The third-order valence-corrected chi connectivity index (χ3v) is 3.99. The van der Waals surface area contributed by atoms with Crippen LogP contribution in [0.4, 0.5) is 0 Å². The summed E-state index contributed by atoms with van der Waals surface area (Å²) in [5.41, 5.74) is 6.04. The molecule has 0 aromatic carbocycles. The molecule has 0 saturated carbocycles. The van der Waals surface area contributed by atoms with E-state index >= 15 is 0 Å². The molecule has 2 aromatic heterocycles. The predicted octanol–water partition coefficient (Wildman–Crippen LogP) is 0.608. The molecular formula is C15H25N5O2. The number of unbranched alkanes of at least 4 members (excludes halogenated alkanes) is 1. The smallest absolute Gasteiger partial charge is 0.330 e. The molecule has 2 rings (SSSR count). The highest BCUT2D eigenvalue weighted by atomic mass is 16.2. The summed E-state index contributed by atoms with van der Waals surface area (Å²) >= 11 is 0. The van der Waals surface area contributed by atoms with Crippen molar-refractivity contribution in [3.8, 4) is 0 Å². The summed E-state index contributed by atoms with van der Waals surface area (Å²) in [5, 5.41) is 0. The van der Waals surface area contributed by atoms with Crippen LogP contribution in [0.1, 0.15) is 38.9 Å². The number of imidazole rings is 1. The van der Waals surface area contributed by atoms with E-state index in [1.807, 2.05) is 14.0 Å². The summed E-state index contributed by atoms with van der Waals surface area (Å²) in [7, 11) is 1.83. The minimum atomic E-state index is -0.267. The van der Waals surface area contributed by atoms with Crippen LogP contribution in [-0.4, -0.2) is 25.2 Å². The quantitative estimate of drug-likeness (QED) is 0.811. The van der Waals surface area contributed by atoms with Crippen molar-refractivity contribution in [3.63, 3.8) is 0 Å². The number of nitrogens with zero attached hydrogens (tertiary/aromatic N) is 4. The molecule has 7 heteroatoms. The minimum Gasteiger partial charge on any atom is -0.330 e. The Hall–Kier alpha value is -1.89. The van der Waals surface area contributed by atoms with E-state index in [-0.39, 0.29) is 11.2 Å². The Labute approximate surface area is 129 Å². The van der Waals surface area contributed by atoms with Crippen molar-refractivity contribution in [3.05, 3.63) is 26.7 Å². The van der Waals surface area contributed by atoms with Crippen molar-refractivity contribution in [2.75, 3.05) is 6.54 Å². The second-order valence-electron chi connectivity index (χ2n) is 5.49. The van der Waals surface area contributed by atoms with Gasteiger partial charge in [0.15, 0.2) is 11.2 Å². The maximum Gasteiger partial charge on any atom is 0.332 e. The van der Waals surface area contributed by atoms with Gasteiger partial charge < -0.3 is 10.3 Å². The van der Waals surface area contributed by atoms with Crippen molar-refractivity contribution in [2.45, 2.75) is 52.6 Å². The van der Waals surface area contributed by atoms with Crippen molar-refractivity contribution in [1.82, 2.24) is 18.7 Å². The van der Waals surface area contributed by atoms with Gasteiger partial charge in [0.25, 0.3) is 5.56 Å². The first-order valence-electron chi connectivity index (χ1n) is 7.95. The van der Waals surface area contributed by atoms with Gasteiger partial charge in [-0.25, -0.2) is 9.78 Å². The number of aromatic nitrogens is 4. The zero-order valence-corrected chi connectivity index (χ0v) is 13.6. The molecule has 122 valence electrons. The Morgan fingerprint density at radius 2 is 1.86 bits per heavy atom. The third-order valence-electron chi connectivity index (χ3n) is 3.99. The number of aryl methyl sites for hydroxylation is 3. The van der Waals surface area contributed by atoms with Gasteiger partial charge in [-0.2, -0.15) is 0 Å². The van der Waals surface area contributed by atoms with Gasteiger partial charge >= 0.3 is 5.69 Å². The molecular weight excluding hydrogens is 282 g/mol. The molecule has 0 aliphatic carbocycles. The summed E-state index contributed by atoms with van der Waals surface area (Å²) in [6.45, 7) is 5.40. The van der Waals surface area contributed by atoms with Crippen LogP contribution in [0, 0.1) is 0 Å². The van der Waals surface area contributed by atoms with Crippen molar-refractivity contribution in [1.29, 1.82) is 0 Å². The molecule has 0 saturated heterocycles. The molecule has 0 unspecified atom stereocenters. The van der Waals surface area contributed by atoms with Gasteiger partial charge in [0.2, 0.25) is 0 Å². The summed E-state index contributed by atoms with van der Waals surface area (Å²) in [6.07, 6.45) is 3.37. The predicted molar refractivity (Wildman–Crippen MR) is 87.2 cm³/mol. The lowest BCUT2D eigenvalue weighted by Crippen LogP contribution is -2.40. The Balaban J connectivity index is 2.75. The molecule has 0 fully saturated rings. The number of rotatable bonds is 7. The first-order valence-corrected chi connectivity index (χ1v) is 7.95. The van der Waals surface area contributed by atoms with Crippen LogP contribution in [0.5, 0.6) is 0 Å². The van der Waals surface area contributed by atoms with Crippen LogP contribution in [0.25, 0.3) is 11.2 Å². The standard InChI is InChI=1S/C15H25N5O2/c1-4-6-10-20-13-12(14(21)19(5-2)15(20)22)18(3)11(17-13)8-7-9-16/h4-10,16H2,1-3H3. The third kappa shape index (κ3) is 2.72. The SMILES string of the molecule is CCCCn1c(=O)n(CC)c(=O)c2c1nc(CCCN)n2C. The molecule has 0 amide bonds. The van der Waals surface area contributed by atoms with Gasteiger partial charge in [-0.05, 0) is 26.3 Å². The van der Waals surface area contributed by atoms with Gasteiger partial charge in [-0.1, -0.05) is 13.3 Å². The van der Waals surface area contributed by atoms with Crippen LogP contribution in [0.2, 0.25) is 0 Å². The molecule has 22 heavy (non-hydrogen) atoms. The van der Waals surface area contributed by atoms with Gasteiger partial charge in [0, 0.05) is 26.6 Å². The van der Waals surface area contributed by atoms with E-state index in [4.69, 9.17) is 5.73 Å². The van der Waals surface area contributed by atoms with Gasteiger partial charge in [0.05, 0.1) is 0 Å². The maximum atomic E-state index is 12.6. The summed E-state index contributed by atoms with van der Waals surface area (Å²) in [4.78, 5) is 29.7. The molecule has 7 nitrogen and oxygen atoms in total. The van der Waals surface area contributed by atoms with E-state index in [9.17, 15) is 9.59 Å². The zero-order chi connectivity index (χ0) is 16.3. The fraction of sp³-hybridized carbons (Fsp3) is 0.667. The van der Waals surface area contributed by atoms with Gasteiger partial charge in [0.1, 0.15) is 5.82 Å². The lowest BCUT2D eigenvalue weighted by Gasteiger charge is -2.09. The molecule has 0 aliphatic heterocycles. The molecule has 2 heterocycles. The van der Waals surface area contributed by atoms with Crippen molar-refractivity contribution >= 4 is 11.2 Å². The average molecular weight is 307 g/mol. The summed E-state index contributed by atoms with van der Waals surface area (Å²) in [5.74, 6) is 0.802. The van der Waals surface area contributed by atoms with Gasteiger partial charge in [-0.3, -0.25) is 13.9 Å². The zero-order valence-electron chi connectivity index (χ0n) is 13.6. The number of nitrogens with two attached hydrogens (primary N) is 1. The first-order chi connectivity index (χ1) is 10.6. The Kier molecular flexibility index (Phi) is 5.18. The number of fused-ring (bicyclic) bond motifs is 1. The molecule has 2 N–H and O–H groups in total. The fourth-order valence-electron chi connectivity index (χ4n) is 2.69. The largest absolute Gasteiger partial charge is 0.332 e. The van der Waals surface area contributed by atoms with E-state index < -0.39 is 0 Å². The summed E-state index contributed by atoms with van der Waals surface area (Å²) in [6, 6.07) is 0. The molecule has 0 atom stereocenters. The van der Waals surface area contributed by atoms with Crippen LogP contribution in [-0.2, 0) is 26.6 Å². The molecule has 0 radical (unpaired) electrons. The van der Waals surface area contributed by atoms with Crippen LogP contribution in [0.15, 0.2) is 9.59 Å². The van der Waals surface area contributed by atoms with E-state index in [1.54, 1.807) is 9.13 Å². The number of hydrogen-bond acceptors (Lipinski definition) is 4. The second-order valence-corrected chi connectivity index (χ2v) is 5.49. The maximum absolute atomic E-state index is 12.6. The topological polar surface area (TPSA) is 87.8 Å².